The fourth-order valence-corrected chi connectivity index (χ4v) is 3.74. The maximum atomic E-state index is 13.9. The first-order chi connectivity index (χ1) is 10.5. The summed E-state index contributed by atoms with van der Waals surface area (Å²) in [7, 11) is 1.60. The van der Waals surface area contributed by atoms with Crippen LogP contribution in [0.1, 0.15) is 36.0 Å². The number of carbonyl (C=O) groups excluding carboxylic acids is 1. The van der Waals surface area contributed by atoms with Gasteiger partial charge in [0.1, 0.15) is 0 Å². The first-order valence-electron chi connectivity index (χ1n) is 7.47. The molecule has 2 fully saturated rings. The largest absolute Gasteiger partial charge is 0.393 e. The average Bonchev–Trinajstić information content (AvgIpc) is 2.88. The van der Waals surface area contributed by atoms with Gasteiger partial charge in [0.05, 0.1) is 23.3 Å². The van der Waals surface area contributed by atoms with Crippen molar-refractivity contribution in [2.45, 2.75) is 43.4 Å². The summed E-state index contributed by atoms with van der Waals surface area (Å²) in [6, 6.07) is 3.28. The minimum Gasteiger partial charge on any atom is -0.393 e. The van der Waals surface area contributed by atoms with E-state index in [1.54, 1.807) is 7.11 Å². The van der Waals surface area contributed by atoms with Gasteiger partial charge >= 0.3 is 0 Å². The summed E-state index contributed by atoms with van der Waals surface area (Å²) >= 11 is 0. The Morgan fingerprint density at radius 2 is 2.18 bits per heavy atom. The summed E-state index contributed by atoms with van der Waals surface area (Å²) in [6.45, 7) is 0.417. The minimum absolute atomic E-state index is 0.271. The van der Waals surface area contributed by atoms with Gasteiger partial charge in [-0.25, -0.2) is 8.78 Å². The van der Waals surface area contributed by atoms with Crippen LogP contribution in [0.4, 0.5) is 8.78 Å². The number of nitrogens with zero attached hydrogens (tertiary/aromatic N) is 1. The highest BCUT2D eigenvalue weighted by Gasteiger charge is 2.52. The van der Waals surface area contributed by atoms with E-state index in [1.165, 1.54) is 17.0 Å². The Balaban J connectivity index is 1.91. The second-order valence-electron chi connectivity index (χ2n) is 6.06. The molecule has 22 heavy (non-hydrogen) atoms. The molecule has 1 N–H and O–H groups in total. The molecule has 1 aliphatic carbocycles. The molecular weight excluding hydrogens is 292 g/mol. The van der Waals surface area contributed by atoms with E-state index in [4.69, 9.17) is 4.74 Å². The number of methoxy groups -OCH3 is 1. The van der Waals surface area contributed by atoms with E-state index >= 15 is 0 Å². The number of aliphatic hydroxyl groups is 1. The molecular formula is C16H19F2NO3. The lowest BCUT2D eigenvalue weighted by molar-refractivity contribution is -0.0824. The van der Waals surface area contributed by atoms with Crippen LogP contribution in [-0.2, 0) is 4.74 Å². The molecule has 0 spiro atoms. The molecule has 0 radical (unpaired) electrons. The number of aliphatic hydroxyl groups excluding tert-OH is 1. The van der Waals surface area contributed by atoms with E-state index < -0.39 is 29.2 Å². The number of halogens is 2. The van der Waals surface area contributed by atoms with Crippen molar-refractivity contribution in [3.05, 3.63) is 35.4 Å². The molecule has 1 amide bonds. The molecule has 1 heterocycles. The molecule has 2 aliphatic rings. The summed E-state index contributed by atoms with van der Waals surface area (Å²) in [5.41, 5.74) is -0.759. The van der Waals surface area contributed by atoms with Crippen LogP contribution in [0.5, 0.6) is 0 Å². The number of rotatable bonds is 2. The van der Waals surface area contributed by atoms with Gasteiger partial charge in [0, 0.05) is 13.7 Å². The van der Waals surface area contributed by atoms with Crippen molar-refractivity contribution in [2.75, 3.05) is 13.7 Å². The molecule has 3 rings (SSSR count). The Morgan fingerprint density at radius 1 is 1.41 bits per heavy atom. The van der Waals surface area contributed by atoms with Gasteiger partial charge in [-0.15, -0.1) is 0 Å². The highest BCUT2D eigenvalue weighted by molar-refractivity contribution is 5.95. The number of likely N-dealkylation sites (tertiary alicyclic amines) is 1. The van der Waals surface area contributed by atoms with Crippen LogP contribution >= 0.6 is 0 Å². The van der Waals surface area contributed by atoms with Crippen molar-refractivity contribution in [1.29, 1.82) is 0 Å². The SMILES string of the molecule is CO[C@@]12CC[C@@H](O)C[C@@H]1N(C(=O)c1cccc(F)c1F)CC2. The van der Waals surface area contributed by atoms with Crippen LogP contribution in [0.25, 0.3) is 0 Å². The van der Waals surface area contributed by atoms with E-state index in [0.717, 1.165) is 6.07 Å². The molecule has 1 aliphatic heterocycles. The second kappa shape index (κ2) is 5.59. The maximum Gasteiger partial charge on any atom is 0.257 e. The van der Waals surface area contributed by atoms with Crippen LogP contribution in [0.3, 0.4) is 0 Å². The third kappa shape index (κ3) is 2.30. The Hall–Kier alpha value is -1.53. The molecule has 1 aromatic carbocycles. The molecule has 0 aromatic heterocycles. The predicted octanol–water partition coefficient (Wildman–Crippen LogP) is 2.11. The molecule has 0 unspecified atom stereocenters. The minimum atomic E-state index is -1.13. The zero-order valence-electron chi connectivity index (χ0n) is 12.4. The van der Waals surface area contributed by atoms with Crippen molar-refractivity contribution in [1.82, 2.24) is 4.90 Å². The van der Waals surface area contributed by atoms with E-state index in [1.807, 2.05) is 0 Å². The third-order valence-corrected chi connectivity index (χ3v) is 5.00. The van der Waals surface area contributed by atoms with Gasteiger partial charge in [0.25, 0.3) is 5.91 Å². The van der Waals surface area contributed by atoms with Gasteiger partial charge in [0.2, 0.25) is 0 Å². The van der Waals surface area contributed by atoms with Gasteiger partial charge in [-0.3, -0.25) is 4.79 Å². The zero-order valence-corrected chi connectivity index (χ0v) is 12.4. The Morgan fingerprint density at radius 3 is 2.91 bits per heavy atom. The summed E-state index contributed by atoms with van der Waals surface area (Å²) in [4.78, 5) is 14.1. The number of fused-ring (bicyclic) bond motifs is 1. The first kappa shape index (κ1) is 15.4. The molecule has 3 atom stereocenters. The molecule has 1 saturated carbocycles. The standard InChI is InChI=1S/C16H19F2NO3/c1-22-16-6-5-10(20)9-13(16)19(8-7-16)15(21)11-3-2-4-12(17)14(11)18/h2-4,10,13,20H,5-9H2,1H3/t10-,13+,16-/m1/s1. The number of carbonyl (C=O) groups is 1. The summed E-state index contributed by atoms with van der Waals surface area (Å²) in [6.07, 6.45) is 1.82. The van der Waals surface area contributed by atoms with Crippen molar-refractivity contribution in [2.24, 2.45) is 0 Å². The normalized spacial score (nSPS) is 31.2. The maximum absolute atomic E-state index is 13.9. The van der Waals surface area contributed by atoms with Gasteiger partial charge in [0.15, 0.2) is 11.6 Å². The smallest absolute Gasteiger partial charge is 0.257 e. The summed E-state index contributed by atoms with van der Waals surface area (Å²) in [5.74, 6) is -2.71. The van der Waals surface area contributed by atoms with Crippen molar-refractivity contribution in [3.8, 4) is 0 Å². The zero-order chi connectivity index (χ0) is 15.9. The highest BCUT2D eigenvalue weighted by atomic mass is 19.2. The molecule has 1 saturated heterocycles. The van der Waals surface area contributed by atoms with Crippen LogP contribution < -0.4 is 0 Å². The molecule has 6 heteroatoms. The second-order valence-corrected chi connectivity index (χ2v) is 6.06. The number of hydrogen-bond donors (Lipinski definition) is 1. The lowest BCUT2D eigenvalue weighted by Crippen LogP contribution is -2.52. The lowest BCUT2D eigenvalue weighted by Gasteiger charge is -2.42. The van der Waals surface area contributed by atoms with E-state index in [9.17, 15) is 18.7 Å². The molecule has 0 bridgehead atoms. The molecule has 1 aromatic rings. The first-order valence-corrected chi connectivity index (χ1v) is 7.47. The van der Waals surface area contributed by atoms with Crippen LogP contribution in [0.2, 0.25) is 0 Å². The lowest BCUT2D eigenvalue weighted by atomic mass is 9.79. The number of ether oxygens (including phenoxy) is 1. The van der Waals surface area contributed by atoms with E-state index in [-0.39, 0.29) is 11.6 Å². The van der Waals surface area contributed by atoms with Gasteiger partial charge in [-0.2, -0.15) is 0 Å². The Labute approximate surface area is 127 Å². The number of amides is 1. The van der Waals surface area contributed by atoms with Gasteiger partial charge in [-0.05, 0) is 37.8 Å². The summed E-state index contributed by atoms with van der Waals surface area (Å²) in [5, 5.41) is 9.91. The number of benzene rings is 1. The van der Waals surface area contributed by atoms with E-state index in [2.05, 4.69) is 0 Å². The fraction of sp³-hybridized carbons (Fsp3) is 0.562. The number of hydrogen-bond acceptors (Lipinski definition) is 3. The predicted molar refractivity (Wildman–Crippen MR) is 75.4 cm³/mol. The van der Waals surface area contributed by atoms with Crippen LogP contribution in [0.15, 0.2) is 18.2 Å². The molecule has 120 valence electrons. The van der Waals surface area contributed by atoms with Crippen molar-refractivity contribution >= 4 is 5.91 Å². The van der Waals surface area contributed by atoms with E-state index in [0.29, 0.717) is 32.2 Å². The summed E-state index contributed by atoms with van der Waals surface area (Å²) < 4.78 is 32.9. The molecule has 4 nitrogen and oxygen atoms in total. The third-order valence-electron chi connectivity index (χ3n) is 5.00. The average molecular weight is 311 g/mol. The Kier molecular flexibility index (Phi) is 3.91. The monoisotopic (exact) mass is 311 g/mol. The van der Waals surface area contributed by atoms with Crippen molar-refractivity contribution in [3.63, 3.8) is 0 Å². The Bertz CT molecular complexity index is 595. The topological polar surface area (TPSA) is 49.8 Å². The van der Waals surface area contributed by atoms with Crippen LogP contribution in [-0.4, -0.2) is 47.3 Å². The van der Waals surface area contributed by atoms with Crippen molar-refractivity contribution < 1.29 is 23.4 Å². The fourth-order valence-electron chi connectivity index (χ4n) is 3.74. The highest BCUT2D eigenvalue weighted by Crippen LogP contribution is 2.43. The van der Waals surface area contributed by atoms with Gasteiger partial charge in [-0.1, -0.05) is 6.07 Å². The van der Waals surface area contributed by atoms with Gasteiger partial charge < -0.3 is 14.7 Å². The quantitative estimate of drug-likeness (QED) is 0.910. The van der Waals surface area contributed by atoms with Crippen LogP contribution in [0, 0.1) is 11.6 Å².